The van der Waals surface area contributed by atoms with Crippen molar-refractivity contribution in [2.24, 2.45) is 0 Å². The van der Waals surface area contributed by atoms with Gasteiger partial charge in [-0.2, -0.15) is 0 Å². The van der Waals surface area contributed by atoms with Crippen molar-refractivity contribution in [3.63, 3.8) is 0 Å². The van der Waals surface area contributed by atoms with Crippen LogP contribution in [-0.4, -0.2) is 11.3 Å². The van der Waals surface area contributed by atoms with Gasteiger partial charge in [-0.05, 0) is 22.9 Å². The number of benzene rings is 3. The molecule has 0 unspecified atom stereocenters. The number of carbonyl (C=O) groups excluding carboxylic acids is 1. The largest absolute Gasteiger partial charge is 0.298 e. The number of carbonyl (C=O) groups is 1. The molecule has 0 saturated heterocycles. The van der Waals surface area contributed by atoms with E-state index in [4.69, 9.17) is 0 Å². The summed E-state index contributed by atoms with van der Waals surface area (Å²) in [5.41, 5.74) is 1.56. The fourth-order valence-electron chi connectivity index (χ4n) is 2.69. The first-order valence-electron chi connectivity index (χ1n) is 5.85. The van der Waals surface area contributed by atoms with Crippen LogP contribution in [0.3, 0.4) is 0 Å². The van der Waals surface area contributed by atoms with Gasteiger partial charge in [-0.1, -0.05) is 30.3 Å². The average molecular weight is 231 g/mol. The Morgan fingerprint density at radius 1 is 0.889 bits per heavy atom. The Labute approximate surface area is 103 Å². The van der Waals surface area contributed by atoms with Crippen molar-refractivity contribution in [3.8, 4) is 0 Å². The van der Waals surface area contributed by atoms with Gasteiger partial charge in [0.2, 0.25) is 0 Å². The van der Waals surface area contributed by atoms with Crippen LogP contribution in [-0.2, 0) is 0 Å². The molecule has 0 amide bonds. The lowest BCUT2D eigenvalue weighted by Crippen LogP contribution is -1.89. The number of aldehydes is 1. The molecule has 0 saturated carbocycles. The topological polar surface area (TPSA) is 30.0 Å². The zero-order chi connectivity index (χ0) is 12.1. The van der Waals surface area contributed by atoms with Gasteiger partial charge in [0.1, 0.15) is 6.29 Å². The van der Waals surface area contributed by atoms with Gasteiger partial charge in [0.15, 0.2) is 0 Å². The molecule has 84 valence electrons. The number of hydrogen-bond donors (Lipinski definition) is 0. The lowest BCUT2D eigenvalue weighted by atomic mass is 9.96. The maximum atomic E-state index is 10.9. The van der Waals surface area contributed by atoms with Crippen LogP contribution in [0.4, 0.5) is 0 Å². The molecule has 0 N–H and O–H groups in total. The molecule has 0 bridgehead atoms. The molecule has 0 aliphatic heterocycles. The van der Waals surface area contributed by atoms with Crippen molar-refractivity contribution in [1.29, 1.82) is 0 Å². The van der Waals surface area contributed by atoms with Crippen LogP contribution in [0.15, 0.2) is 48.7 Å². The third-order valence-electron chi connectivity index (χ3n) is 3.47. The summed E-state index contributed by atoms with van der Waals surface area (Å²) in [6.45, 7) is 0. The summed E-state index contributed by atoms with van der Waals surface area (Å²) in [6.07, 6.45) is 2.74. The molecule has 18 heavy (non-hydrogen) atoms. The van der Waals surface area contributed by atoms with E-state index in [1.807, 2.05) is 24.4 Å². The first-order valence-corrected chi connectivity index (χ1v) is 5.85. The van der Waals surface area contributed by atoms with Gasteiger partial charge in [-0.15, -0.1) is 0 Å². The minimum absolute atomic E-state index is 0.674. The Balaban J connectivity index is 2.38. The van der Waals surface area contributed by atoms with Gasteiger partial charge in [-0.3, -0.25) is 9.78 Å². The van der Waals surface area contributed by atoms with Gasteiger partial charge in [-0.25, -0.2) is 0 Å². The summed E-state index contributed by atoms with van der Waals surface area (Å²) in [5, 5.41) is 5.82. The Morgan fingerprint density at radius 2 is 1.72 bits per heavy atom. The van der Waals surface area contributed by atoms with Crippen molar-refractivity contribution in [2.75, 3.05) is 0 Å². The SMILES string of the molecule is O=Cc1cc2ccc3cccc4cnc(c1)c2c34. The summed E-state index contributed by atoms with van der Waals surface area (Å²) < 4.78 is 0. The minimum Gasteiger partial charge on any atom is -0.298 e. The van der Waals surface area contributed by atoms with E-state index in [1.165, 1.54) is 10.8 Å². The molecule has 0 spiro atoms. The molecule has 1 aromatic heterocycles. The van der Waals surface area contributed by atoms with Gasteiger partial charge in [0.05, 0.1) is 5.52 Å². The molecular weight excluding hydrogens is 222 g/mol. The van der Waals surface area contributed by atoms with E-state index >= 15 is 0 Å². The predicted molar refractivity (Wildman–Crippen MR) is 73.3 cm³/mol. The second kappa shape index (κ2) is 3.26. The van der Waals surface area contributed by atoms with Crippen LogP contribution < -0.4 is 0 Å². The number of nitrogens with zero attached hydrogens (tertiary/aromatic N) is 1. The Morgan fingerprint density at radius 3 is 2.61 bits per heavy atom. The first kappa shape index (κ1) is 9.54. The van der Waals surface area contributed by atoms with Crippen LogP contribution in [0, 0.1) is 0 Å². The van der Waals surface area contributed by atoms with E-state index in [2.05, 4.69) is 29.2 Å². The highest BCUT2D eigenvalue weighted by molar-refractivity contribution is 6.22. The summed E-state index contributed by atoms with van der Waals surface area (Å²) in [7, 11) is 0. The second-order valence-corrected chi connectivity index (χ2v) is 4.53. The zero-order valence-electron chi connectivity index (χ0n) is 9.55. The van der Waals surface area contributed by atoms with Gasteiger partial charge >= 0.3 is 0 Å². The highest BCUT2D eigenvalue weighted by atomic mass is 16.1. The number of hydrogen-bond acceptors (Lipinski definition) is 2. The number of aromatic nitrogens is 1. The third kappa shape index (κ3) is 1.12. The second-order valence-electron chi connectivity index (χ2n) is 4.53. The first-order chi connectivity index (χ1) is 8.86. The predicted octanol–water partition coefficient (Wildman–Crippen LogP) is 3.79. The molecule has 2 nitrogen and oxygen atoms in total. The van der Waals surface area contributed by atoms with Crippen molar-refractivity contribution in [1.82, 2.24) is 4.98 Å². The van der Waals surface area contributed by atoms with E-state index in [9.17, 15) is 4.79 Å². The van der Waals surface area contributed by atoms with Gasteiger partial charge in [0.25, 0.3) is 0 Å². The maximum absolute atomic E-state index is 10.9. The van der Waals surface area contributed by atoms with Crippen LogP contribution in [0.25, 0.3) is 32.4 Å². The van der Waals surface area contributed by atoms with Crippen LogP contribution >= 0.6 is 0 Å². The molecule has 4 rings (SSSR count). The van der Waals surface area contributed by atoms with E-state index in [0.717, 1.165) is 28.0 Å². The fraction of sp³-hybridized carbons (Fsp3) is 0. The van der Waals surface area contributed by atoms with Crippen molar-refractivity contribution in [3.05, 3.63) is 54.2 Å². The normalized spacial score (nSPS) is 11.6. The van der Waals surface area contributed by atoms with Crippen molar-refractivity contribution < 1.29 is 4.79 Å². The summed E-state index contributed by atoms with van der Waals surface area (Å²) in [5.74, 6) is 0. The molecule has 2 heteroatoms. The monoisotopic (exact) mass is 231 g/mol. The zero-order valence-corrected chi connectivity index (χ0v) is 9.55. The Bertz CT molecular complexity index is 832. The highest BCUT2D eigenvalue weighted by Crippen LogP contribution is 2.33. The van der Waals surface area contributed by atoms with E-state index in [-0.39, 0.29) is 0 Å². The lowest BCUT2D eigenvalue weighted by Gasteiger charge is -2.09. The van der Waals surface area contributed by atoms with Crippen molar-refractivity contribution >= 4 is 38.7 Å². The summed E-state index contributed by atoms with van der Waals surface area (Å²) in [6, 6.07) is 14.1. The van der Waals surface area contributed by atoms with E-state index < -0.39 is 0 Å². The number of rotatable bonds is 1. The standard InChI is InChI=1S/C16H9NO/c18-9-10-6-12-5-4-11-2-1-3-13-8-17-14(7-10)16(12)15(11)13/h1-9H. The Hall–Kier alpha value is -2.48. The van der Waals surface area contributed by atoms with E-state index in [0.29, 0.717) is 5.56 Å². The third-order valence-corrected chi connectivity index (χ3v) is 3.47. The van der Waals surface area contributed by atoms with Gasteiger partial charge < -0.3 is 0 Å². The van der Waals surface area contributed by atoms with Crippen LogP contribution in [0.2, 0.25) is 0 Å². The van der Waals surface area contributed by atoms with Crippen LogP contribution in [0.5, 0.6) is 0 Å². The quantitative estimate of drug-likeness (QED) is 0.368. The summed E-state index contributed by atoms with van der Waals surface area (Å²) >= 11 is 0. The number of pyridine rings is 1. The molecule has 3 aromatic carbocycles. The Kier molecular flexibility index (Phi) is 1.73. The molecule has 0 aliphatic rings. The summed E-state index contributed by atoms with van der Waals surface area (Å²) in [4.78, 5) is 15.4. The average Bonchev–Trinajstić information content (AvgIpc) is 2.44. The molecule has 0 aliphatic carbocycles. The highest BCUT2D eigenvalue weighted by Gasteiger charge is 2.09. The fourth-order valence-corrected chi connectivity index (χ4v) is 2.69. The van der Waals surface area contributed by atoms with Crippen LogP contribution in [0.1, 0.15) is 10.4 Å². The smallest absolute Gasteiger partial charge is 0.150 e. The lowest BCUT2D eigenvalue weighted by molar-refractivity contribution is 0.112. The molecule has 0 fully saturated rings. The maximum Gasteiger partial charge on any atom is 0.150 e. The molecule has 0 atom stereocenters. The molecule has 0 radical (unpaired) electrons. The van der Waals surface area contributed by atoms with E-state index in [1.54, 1.807) is 0 Å². The molecule has 4 aromatic rings. The van der Waals surface area contributed by atoms with Crippen molar-refractivity contribution in [2.45, 2.75) is 0 Å². The minimum atomic E-state index is 0.674. The molecule has 1 heterocycles. The molecular formula is C16H9NO. The van der Waals surface area contributed by atoms with Gasteiger partial charge in [0, 0.05) is 27.9 Å².